The van der Waals surface area contributed by atoms with E-state index in [1.165, 1.54) is 0 Å². The van der Waals surface area contributed by atoms with Crippen LogP contribution in [-0.4, -0.2) is 4.98 Å². The second kappa shape index (κ2) is 3.17. The number of hydrogen-bond acceptors (Lipinski definition) is 1. The quantitative estimate of drug-likeness (QED) is 0.689. The summed E-state index contributed by atoms with van der Waals surface area (Å²) < 4.78 is 0. The molecule has 74 valence electrons. The molecule has 0 spiro atoms. The number of benzene rings is 1. The van der Waals surface area contributed by atoms with Crippen LogP contribution >= 0.6 is 11.6 Å². The molecule has 0 saturated carbocycles. The summed E-state index contributed by atoms with van der Waals surface area (Å²) in [6.45, 7) is 0. The van der Waals surface area contributed by atoms with Crippen molar-refractivity contribution >= 4 is 34.3 Å². The SMILES string of the molecule is Clc1cc2ccc3c(c2[nH]1)C=CC=CN3. The second-order valence-corrected chi connectivity index (χ2v) is 3.88. The molecule has 0 unspecified atom stereocenters. The number of anilines is 1. The molecule has 0 saturated heterocycles. The van der Waals surface area contributed by atoms with Crippen molar-refractivity contribution in [3.63, 3.8) is 0 Å². The highest BCUT2D eigenvalue weighted by Crippen LogP contribution is 2.30. The molecule has 2 aromatic rings. The molecule has 0 aliphatic carbocycles. The number of rotatable bonds is 0. The largest absolute Gasteiger partial charge is 0.361 e. The van der Waals surface area contributed by atoms with Crippen LogP contribution in [0, 0.1) is 0 Å². The van der Waals surface area contributed by atoms with Crippen LogP contribution in [0.5, 0.6) is 0 Å². The molecule has 1 aromatic heterocycles. The van der Waals surface area contributed by atoms with Crippen LogP contribution in [0.3, 0.4) is 0 Å². The smallest absolute Gasteiger partial charge is 0.107 e. The molecule has 1 aliphatic heterocycles. The van der Waals surface area contributed by atoms with Crippen LogP contribution in [0.1, 0.15) is 5.56 Å². The highest BCUT2D eigenvalue weighted by atomic mass is 35.5. The highest BCUT2D eigenvalue weighted by molar-refractivity contribution is 6.30. The summed E-state index contributed by atoms with van der Waals surface area (Å²) in [6, 6.07) is 6.04. The normalized spacial score (nSPS) is 13.7. The van der Waals surface area contributed by atoms with Crippen LogP contribution in [0.2, 0.25) is 5.15 Å². The number of fused-ring (bicyclic) bond motifs is 3. The van der Waals surface area contributed by atoms with Crippen LogP contribution in [0.25, 0.3) is 17.0 Å². The van der Waals surface area contributed by atoms with Gasteiger partial charge in [-0.15, -0.1) is 0 Å². The predicted octanol–water partition coefficient (Wildman–Crippen LogP) is 3.77. The van der Waals surface area contributed by atoms with Crippen LogP contribution < -0.4 is 5.32 Å². The Labute approximate surface area is 92.3 Å². The molecule has 2 nitrogen and oxygen atoms in total. The van der Waals surface area contributed by atoms with Gasteiger partial charge in [0, 0.05) is 22.8 Å². The molecule has 15 heavy (non-hydrogen) atoms. The maximum Gasteiger partial charge on any atom is 0.107 e. The number of aromatic nitrogens is 1. The molecule has 0 fully saturated rings. The number of allylic oxidation sites excluding steroid dienone is 2. The molecular weight excluding hydrogens is 208 g/mol. The predicted molar refractivity (Wildman–Crippen MR) is 65.1 cm³/mol. The van der Waals surface area contributed by atoms with E-state index in [-0.39, 0.29) is 0 Å². The minimum absolute atomic E-state index is 0.670. The maximum atomic E-state index is 5.95. The molecular formula is C12H9ClN2. The standard InChI is InChI=1S/C12H9ClN2/c13-11-7-8-4-5-10-9(12(8)15-11)3-1-2-6-14-10/h1-7,14-15H. The lowest BCUT2D eigenvalue weighted by Crippen LogP contribution is -1.89. The van der Waals surface area contributed by atoms with E-state index in [2.05, 4.69) is 28.5 Å². The van der Waals surface area contributed by atoms with E-state index in [4.69, 9.17) is 11.6 Å². The Kier molecular flexibility index (Phi) is 1.82. The van der Waals surface area contributed by atoms with Gasteiger partial charge in [0.25, 0.3) is 0 Å². The Bertz CT molecular complexity index is 579. The first kappa shape index (κ1) is 8.62. The minimum Gasteiger partial charge on any atom is -0.361 e. The van der Waals surface area contributed by atoms with E-state index in [1.807, 2.05) is 24.4 Å². The summed E-state index contributed by atoms with van der Waals surface area (Å²) in [5.74, 6) is 0. The van der Waals surface area contributed by atoms with Crippen molar-refractivity contribution in [3.8, 4) is 0 Å². The summed E-state index contributed by atoms with van der Waals surface area (Å²) in [6.07, 6.45) is 7.96. The van der Waals surface area contributed by atoms with Crippen molar-refractivity contribution in [1.82, 2.24) is 4.98 Å². The minimum atomic E-state index is 0.670. The molecule has 0 bridgehead atoms. The van der Waals surface area contributed by atoms with Gasteiger partial charge in [0.2, 0.25) is 0 Å². The lowest BCUT2D eigenvalue weighted by Gasteiger charge is -2.05. The lowest BCUT2D eigenvalue weighted by atomic mass is 10.1. The molecule has 3 rings (SSSR count). The molecule has 0 radical (unpaired) electrons. The number of H-pyrrole nitrogens is 1. The zero-order valence-corrected chi connectivity index (χ0v) is 8.68. The van der Waals surface area contributed by atoms with Crippen molar-refractivity contribution in [1.29, 1.82) is 0 Å². The Morgan fingerprint density at radius 2 is 2.07 bits per heavy atom. The zero-order chi connectivity index (χ0) is 10.3. The molecule has 3 heteroatoms. The first-order valence-corrected chi connectivity index (χ1v) is 5.13. The van der Waals surface area contributed by atoms with E-state index in [0.717, 1.165) is 22.2 Å². The van der Waals surface area contributed by atoms with E-state index in [0.29, 0.717) is 5.15 Å². The fraction of sp³-hybridized carbons (Fsp3) is 0. The van der Waals surface area contributed by atoms with Crippen molar-refractivity contribution < 1.29 is 0 Å². The molecule has 0 atom stereocenters. The Morgan fingerprint density at radius 3 is 3.00 bits per heavy atom. The van der Waals surface area contributed by atoms with E-state index >= 15 is 0 Å². The van der Waals surface area contributed by atoms with E-state index in [1.54, 1.807) is 0 Å². The van der Waals surface area contributed by atoms with Crippen molar-refractivity contribution in [2.75, 3.05) is 5.32 Å². The third-order valence-electron chi connectivity index (χ3n) is 2.51. The van der Waals surface area contributed by atoms with Crippen LogP contribution in [0.15, 0.2) is 36.6 Å². The topological polar surface area (TPSA) is 27.8 Å². The summed E-state index contributed by atoms with van der Waals surface area (Å²) >= 11 is 5.95. The third kappa shape index (κ3) is 1.34. The fourth-order valence-corrected chi connectivity index (χ4v) is 2.04. The van der Waals surface area contributed by atoms with E-state index < -0.39 is 0 Å². The number of hydrogen-bond donors (Lipinski definition) is 2. The van der Waals surface area contributed by atoms with Crippen molar-refractivity contribution in [2.45, 2.75) is 0 Å². The zero-order valence-electron chi connectivity index (χ0n) is 7.92. The monoisotopic (exact) mass is 216 g/mol. The van der Waals surface area contributed by atoms with Crippen molar-refractivity contribution in [3.05, 3.63) is 47.3 Å². The van der Waals surface area contributed by atoms with Gasteiger partial charge >= 0.3 is 0 Å². The Hall–Kier alpha value is -1.67. The molecule has 1 aliphatic rings. The number of nitrogens with one attached hydrogen (secondary N) is 2. The van der Waals surface area contributed by atoms with Gasteiger partial charge in [0.15, 0.2) is 0 Å². The lowest BCUT2D eigenvalue weighted by molar-refractivity contribution is 1.46. The summed E-state index contributed by atoms with van der Waals surface area (Å²) in [7, 11) is 0. The van der Waals surface area contributed by atoms with Crippen molar-refractivity contribution in [2.24, 2.45) is 0 Å². The van der Waals surface area contributed by atoms with Gasteiger partial charge < -0.3 is 10.3 Å². The van der Waals surface area contributed by atoms with E-state index in [9.17, 15) is 0 Å². The molecule has 2 N–H and O–H groups in total. The fourth-order valence-electron chi connectivity index (χ4n) is 1.83. The van der Waals surface area contributed by atoms with Crippen LogP contribution in [-0.2, 0) is 0 Å². The molecule has 0 amide bonds. The van der Waals surface area contributed by atoms with Gasteiger partial charge in [-0.3, -0.25) is 0 Å². The summed E-state index contributed by atoms with van der Waals surface area (Å²) in [4.78, 5) is 3.16. The van der Waals surface area contributed by atoms with Crippen LogP contribution in [0.4, 0.5) is 5.69 Å². The molecule has 2 heterocycles. The average molecular weight is 217 g/mol. The van der Waals surface area contributed by atoms with Gasteiger partial charge in [-0.05, 0) is 18.2 Å². The van der Waals surface area contributed by atoms with Gasteiger partial charge in [-0.2, -0.15) is 0 Å². The Morgan fingerprint density at radius 1 is 1.13 bits per heavy atom. The maximum absolute atomic E-state index is 5.95. The Balaban J connectivity index is 2.37. The highest BCUT2D eigenvalue weighted by Gasteiger charge is 2.07. The molecule has 1 aromatic carbocycles. The summed E-state index contributed by atoms with van der Waals surface area (Å²) in [5.41, 5.74) is 3.31. The first-order valence-electron chi connectivity index (χ1n) is 4.75. The van der Waals surface area contributed by atoms with Gasteiger partial charge in [-0.1, -0.05) is 29.8 Å². The number of aromatic amines is 1. The summed E-state index contributed by atoms with van der Waals surface area (Å²) in [5, 5.41) is 5.02. The van der Waals surface area contributed by atoms with Gasteiger partial charge in [-0.25, -0.2) is 0 Å². The first-order chi connectivity index (χ1) is 7.34. The van der Waals surface area contributed by atoms with Gasteiger partial charge in [0.1, 0.15) is 5.15 Å². The number of halogens is 1. The third-order valence-corrected chi connectivity index (χ3v) is 2.72. The second-order valence-electron chi connectivity index (χ2n) is 3.47. The van der Waals surface area contributed by atoms with Gasteiger partial charge in [0.05, 0.1) is 5.52 Å². The average Bonchev–Trinajstić information content (AvgIpc) is 2.48.